The Morgan fingerprint density at radius 2 is 1.52 bits per heavy atom. The Hall–Kier alpha value is -2.76. The van der Waals surface area contributed by atoms with Gasteiger partial charge in [0.2, 0.25) is 5.89 Å². The van der Waals surface area contributed by atoms with Crippen LogP contribution in [-0.4, -0.2) is 21.6 Å². The minimum atomic E-state index is 0.600. The molecule has 0 unspecified atom stereocenters. The van der Waals surface area contributed by atoms with Gasteiger partial charge >= 0.3 is 0 Å². The van der Waals surface area contributed by atoms with E-state index in [-0.39, 0.29) is 0 Å². The lowest BCUT2D eigenvalue weighted by molar-refractivity contribution is 0.234. The van der Waals surface area contributed by atoms with Gasteiger partial charge in [-0.3, -0.25) is 4.90 Å². The molecule has 2 heterocycles. The summed E-state index contributed by atoms with van der Waals surface area (Å²) in [6, 6.07) is 25.1. The van der Waals surface area contributed by atoms with Gasteiger partial charge in [-0.25, -0.2) is 0 Å². The van der Waals surface area contributed by atoms with Gasteiger partial charge in [0.15, 0.2) is 0 Å². The molecule has 0 saturated carbocycles. The summed E-state index contributed by atoms with van der Waals surface area (Å²) in [5, 5.41) is 10.5. The molecular formula is C22H21N3OS. The third-order valence-corrected chi connectivity index (χ3v) is 5.22. The summed E-state index contributed by atoms with van der Waals surface area (Å²) in [7, 11) is 0. The lowest BCUT2D eigenvalue weighted by Crippen LogP contribution is -2.25. The molecule has 0 amide bonds. The van der Waals surface area contributed by atoms with Crippen molar-refractivity contribution in [3.05, 3.63) is 95.2 Å². The van der Waals surface area contributed by atoms with Crippen molar-refractivity contribution in [2.24, 2.45) is 0 Å². The van der Waals surface area contributed by atoms with E-state index in [9.17, 15) is 0 Å². The fraction of sp³-hybridized carbons (Fsp3) is 0.182. The molecule has 0 bridgehead atoms. The number of hydrogen-bond donors (Lipinski definition) is 0. The number of thiophene rings is 1. The van der Waals surface area contributed by atoms with Crippen molar-refractivity contribution in [1.29, 1.82) is 0 Å². The number of nitrogens with zero attached hydrogens (tertiary/aromatic N) is 3. The quantitative estimate of drug-likeness (QED) is 0.432. The highest BCUT2D eigenvalue weighted by Crippen LogP contribution is 2.23. The van der Waals surface area contributed by atoms with Crippen LogP contribution < -0.4 is 0 Å². The van der Waals surface area contributed by atoms with E-state index in [0.717, 1.165) is 24.4 Å². The van der Waals surface area contributed by atoms with Crippen LogP contribution in [0.2, 0.25) is 0 Å². The highest BCUT2D eigenvalue weighted by molar-refractivity contribution is 7.13. The Bertz CT molecular complexity index is 936. The Kier molecular flexibility index (Phi) is 5.72. The van der Waals surface area contributed by atoms with Crippen molar-refractivity contribution in [2.75, 3.05) is 6.54 Å². The van der Waals surface area contributed by atoms with Crippen molar-refractivity contribution >= 4 is 11.3 Å². The van der Waals surface area contributed by atoms with Crippen LogP contribution in [0.3, 0.4) is 0 Å². The maximum Gasteiger partial charge on any atom is 0.257 e. The number of benzene rings is 2. The molecule has 0 saturated heterocycles. The van der Waals surface area contributed by atoms with Crippen LogP contribution in [-0.2, 0) is 19.5 Å². The third-order valence-electron chi connectivity index (χ3n) is 4.37. The Balaban J connectivity index is 1.47. The zero-order valence-corrected chi connectivity index (χ0v) is 15.8. The number of hydrogen-bond acceptors (Lipinski definition) is 5. The van der Waals surface area contributed by atoms with Crippen LogP contribution in [0, 0.1) is 0 Å². The van der Waals surface area contributed by atoms with Gasteiger partial charge < -0.3 is 4.42 Å². The average molecular weight is 375 g/mol. The number of aromatic nitrogens is 2. The summed E-state index contributed by atoms with van der Waals surface area (Å²) in [6.07, 6.45) is 0.986. The van der Waals surface area contributed by atoms with Gasteiger partial charge in [0.1, 0.15) is 0 Å². The van der Waals surface area contributed by atoms with Crippen LogP contribution in [0.5, 0.6) is 0 Å². The third kappa shape index (κ3) is 4.90. The van der Waals surface area contributed by atoms with Crippen LogP contribution >= 0.6 is 11.3 Å². The first-order valence-electron chi connectivity index (χ1n) is 9.03. The van der Waals surface area contributed by atoms with Gasteiger partial charge in [0.05, 0.1) is 11.4 Å². The van der Waals surface area contributed by atoms with E-state index in [4.69, 9.17) is 4.42 Å². The van der Waals surface area contributed by atoms with E-state index in [0.29, 0.717) is 18.3 Å². The van der Waals surface area contributed by atoms with Gasteiger partial charge in [-0.1, -0.05) is 66.7 Å². The summed E-state index contributed by atoms with van der Waals surface area (Å²) < 4.78 is 5.89. The van der Waals surface area contributed by atoms with Crippen LogP contribution in [0.4, 0.5) is 0 Å². The van der Waals surface area contributed by atoms with Gasteiger partial charge in [0.25, 0.3) is 5.89 Å². The van der Waals surface area contributed by atoms with E-state index < -0.39 is 0 Å². The Morgan fingerprint density at radius 3 is 2.22 bits per heavy atom. The molecule has 2 aromatic heterocycles. The molecule has 0 aliphatic carbocycles. The zero-order chi connectivity index (χ0) is 18.3. The fourth-order valence-corrected chi connectivity index (χ4v) is 3.64. The molecule has 0 aliphatic rings. The SMILES string of the molecule is c1ccc(CCN(Cc2ccccc2)Cc2nnc(-c3cccs3)o2)cc1. The smallest absolute Gasteiger partial charge is 0.257 e. The van der Waals surface area contributed by atoms with E-state index in [1.807, 2.05) is 23.6 Å². The van der Waals surface area contributed by atoms with Crippen molar-refractivity contribution in [2.45, 2.75) is 19.5 Å². The molecule has 0 radical (unpaired) electrons. The summed E-state index contributed by atoms with van der Waals surface area (Å²) in [4.78, 5) is 3.36. The van der Waals surface area contributed by atoms with E-state index in [2.05, 4.69) is 69.7 Å². The van der Waals surface area contributed by atoms with Crippen molar-refractivity contribution in [3.8, 4) is 10.8 Å². The molecule has 27 heavy (non-hydrogen) atoms. The van der Waals surface area contributed by atoms with E-state index in [1.54, 1.807) is 11.3 Å². The Morgan fingerprint density at radius 1 is 0.778 bits per heavy atom. The van der Waals surface area contributed by atoms with Gasteiger partial charge in [-0.05, 0) is 29.0 Å². The lowest BCUT2D eigenvalue weighted by Gasteiger charge is -2.20. The van der Waals surface area contributed by atoms with Crippen molar-refractivity contribution in [1.82, 2.24) is 15.1 Å². The van der Waals surface area contributed by atoms with Gasteiger partial charge in [-0.15, -0.1) is 21.5 Å². The molecule has 4 rings (SSSR count). The molecule has 136 valence electrons. The maximum absolute atomic E-state index is 5.89. The fourth-order valence-electron chi connectivity index (χ4n) is 3.00. The van der Waals surface area contributed by atoms with Crippen LogP contribution in [0.15, 0.2) is 82.6 Å². The van der Waals surface area contributed by atoms with Gasteiger partial charge in [0, 0.05) is 13.1 Å². The van der Waals surface area contributed by atoms with Gasteiger partial charge in [-0.2, -0.15) is 0 Å². The normalized spacial score (nSPS) is 11.1. The first-order chi connectivity index (χ1) is 13.4. The average Bonchev–Trinajstić information content (AvgIpc) is 3.40. The summed E-state index contributed by atoms with van der Waals surface area (Å²) >= 11 is 1.61. The first-order valence-corrected chi connectivity index (χ1v) is 9.91. The molecule has 4 nitrogen and oxygen atoms in total. The van der Waals surface area contributed by atoms with Crippen LogP contribution in [0.1, 0.15) is 17.0 Å². The monoisotopic (exact) mass is 375 g/mol. The highest BCUT2D eigenvalue weighted by Gasteiger charge is 2.14. The van der Waals surface area contributed by atoms with E-state index >= 15 is 0 Å². The molecule has 4 aromatic rings. The predicted molar refractivity (Wildman–Crippen MR) is 108 cm³/mol. The first kappa shape index (κ1) is 17.6. The molecule has 0 aliphatic heterocycles. The summed E-state index contributed by atoms with van der Waals surface area (Å²) in [5.74, 6) is 1.25. The standard InChI is InChI=1S/C22H21N3OS/c1-3-8-18(9-4-1)13-14-25(16-19-10-5-2-6-11-19)17-21-23-24-22(26-21)20-12-7-15-27-20/h1-12,15H,13-14,16-17H2. The largest absolute Gasteiger partial charge is 0.419 e. The lowest BCUT2D eigenvalue weighted by atomic mass is 10.1. The molecule has 5 heteroatoms. The molecule has 0 spiro atoms. The molecule has 0 atom stereocenters. The van der Waals surface area contributed by atoms with Crippen LogP contribution in [0.25, 0.3) is 10.8 Å². The molecule has 0 N–H and O–H groups in total. The molecule has 2 aromatic carbocycles. The predicted octanol–water partition coefficient (Wildman–Crippen LogP) is 5.04. The second kappa shape index (κ2) is 8.75. The molecule has 0 fully saturated rings. The van der Waals surface area contributed by atoms with E-state index in [1.165, 1.54) is 11.1 Å². The number of rotatable bonds is 8. The molecular weight excluding hydrogens is 354 g/mol. The topological polar surface area (TPSA) is 42.2 Å². The minimum Gasteiger partial charge on any atom is -0.419 e. The Labute approximate surface area is 163 Å². The zero-order valence-electron chi connectivity index (χ0n) is 15.0. The summed E-state index contributed by atoms with van der Waals surface area (Å²) in [6.45, 7) is 2.42. The second-order valence-electron chi connectivity index (χ2n) is 6.41. The second-order valence-corrected chi connectivity index (χ2v) is 7.36. The highest BCUT2D eigenvalue weighted by atomic mass is 32.1. The summed E-state index contributed by atoms with van der Waals surface area (Å²) in [5.41, 5.74) is 2.61. The minimum absolute atomic E-state index is 0.600. The van der Waals surface area contributed by atoms with Crippen molar-refractivity contribution in [3.63, 3.8) is 0 Å². The maximum atomic E-state index is 5.89. The van der Waals surface area contributed by atoms with Crippen molar-refractivity contribution < 1.29 is 4.42 Å².